The van der Waals surface area contributed by atoms with E-state index in [2.05, 4.69) is 20.3 Å². The number of amides is 1. The van der Waals surface area contributed by atoms with Crippen molar-refractivity contribution < 1.29 is 4.79 Å². The number of nitrogens with zero attached hydrogens (tertiary/aromatic N) is 3. The van der Waals surface area contributed by atoms with Crippen LogP contribution in [0.5, 0.6) is 0 Å². The summed E-state index contributed by atoms with van der Waals surface area (Å²) in [7, 11) is 0. The molecule has 0 bridgehead atoms. The van der Waals surface area contributed by atoms with Crippen LogP contribution in [0, 0.1) is 0 Å². The molecule has 7 heteroatoms. The Labute approximate surface area is 113 Å². The van der Waals surface area contributed by atoms with Gasteiger partial charge in [-0.1, -0.05) is 0 Å². The van der Waals surface area contributed by atoms with Gasteiger partial charge in [-0.15, -0.1) is 11.3 Å². The van der Waals surface area contributed by atoms with E-state index in [0.717, 1.165) is 16.5 Å². The topological polar surface area (TPSA) is 75.1 Å². The molecule has 6 nitrogen and oxygen atoms in total. The predicted octanol–water partition coefficient (Wildman–Crippen LogP) is 1.54. The molecule has 0 saturated carbocycles. The molecule has 0 radical (unpaired) electrons. The van der Waals surface area contributed by atoms with Crippen molar-refractivity contribution in [1.82, 2.24) is 24.7 Å². The van der Waals surface area contributed by atoms with Gasteiger partial charge in [0.1, 0.15) is 5.82 Å². The van der Waals surface area contributed by atoms with Crippen LogP contribution in [-0.2, 0) is 11.2 Å². The smallest absolute Gasteiger partial charge is 0.226 e. The molecule has 0 aliphatic carbocycles. The van der Waals surface area contributed by atoms with Gasteiger partial charge < -0.3 is 10.3 Å². The van der Waals surface area contributed by atoms with Crippen molar-refractivity contribution in [2.24, 2.45) is 0 Å². The molecule has 3 aromatic heterocycles. The number of aromatic amines is 1. The molecular weight excluding hydrogens is 262 g/mol. The lowest BCUT2D eigenvalue weighted by Crippen LogP contribution is -2.28. The van der Waals surface area contributed by atoms with E-state index < -0.39 is 0 Å². The molecule has 0 fully saturated rings. The van der Waals surface area contributed by atoms with Crippen LogP contribution < -0.4 is 5.32 Å². The van der Waals surface area contributed by atoms with E-state index >= 15 is 0 Å². The average molecular weight is 275 g/mol. The molecule has 3 aromatic rings. The zero-order chi connectivity index (χ0) is 13.2. The summed E-state index contributed by atoms with van der Waals surface area (Å²) in [4.78, 5) is 24.3. The van der Waals surface area contributed by atoms with Gasteiger partial charge in [0.05, 0.1) is 18.2 Å². The van der Waals surface area contributed by atoms with Crippen molar-refractivity contribution in [2.45, 2.75) is 19.4 Å². The van der Waals surface area contributed by atoms with Crippen LogP contribution >= 0.6 is 11.3 Å². The zero-order valence-corrected chi connectivity index (χ0v) is 11.1. The minimum Gasteiger partial charge on any atom is -0.347 e. The minimum absolute atomic E-state index is 0.0605. The van der Waals surface area contributed by atoms with Crippen molar-refractivity contribution >= 4 is 22.2 Å². The van der Waals surface area contributed by atoms with Crippen LogP contribution in [-0.4, -0.2) is 25.3 Å². The van der Waals surface area contributed by atoms with Gasteiger partial charge in [0, 0.05) is 30.2 Å². The summed E-state index contributed by atoms with van der Waals surface area (Å²) in [5, 5.41) is 4.85. The molecule has 1 atom stereocenters. The van der Waals surface area contributed by atoms with E-state index in [1.807, 2.05) is 29.1 Å². The summed E-state index contributed by atoms with van der Waals surface area (Å²) in [6, 6.07) is -0.133. The average Bonchev–Trinajstić information content (AvgIpc) is 3.03. The first-order valence-corrected chi connectivity index (χ1v) is 6.80. The highest BCUT2D eigenvalue weighted by Gasteiger charge is 2.13. The number of rotatable bonds is 4. The Morgan fingerprint density at radius 2 is 2.53 bits per heavy atom. The number of carbonyl (C=O) groups is 1. The van der Waals surface area contributed by atoms with Crippen LogP contribution in [0.1, 0.15) is 24.5 Å². The van der Waals surface area contributed by atoms with Crippen molar-refractivity contribution in [3.63, 3.8) is 0 Å². The van der Waals surface area contributed by atoms with E-state index in [4.69, 9.17) is 0 Å². The molecule has 1 amide bonds. The first-order valence-electron chi connectivity index (χ1n) is 5.92. The molecular formula is C12H13N5OS. The molecule has 0 aliphatic rings. The Morgan fingerprint density at radius 1 is 1.63 bits per heavy atom. The van der Waals surface area contributed by atoms with E-state index in [1.54, 1.807) is 23.7 Å². The summed E-state index contributed by atoms with van der Waals surface area (Å²) in [5.41, 5.74) is 0.774. The lowest BCUT2D eigenvalue weighted by atomic mass is 10.2. The number of fused-ring (bicyclic) bond motifs is 1. The van der Waals surface area contributed by atoms with Crippen molar-refractivity contribution in [2.75, 3.05) is 0 Å². The minimum atomic E-state index is -0.133. The summed E-state index contributed by atoms with van der Waals surface area (Å²) in [6.45, 7) is 1.89. The van der Waals surface area contributed by atoms with Crippen LogP contribution in [0.2, 0.25) is 0 Å². The van der Waals surface area contributed by atoms with Gasteiger partial charge in [-0.05, 0) is 6.92 Å². The lowest BCUT2D eigenvalue weighted by Gasteiger charge is -2.10. The molecule has 98 valence electrons. The normalized spacial score (nSPS) is 12.7. The highest BCUT2D eigenvalue weighted by Crippen LogP contribution is 2.12. The highest BCUT2D eigenvalue weighted by atomic mass is 32.1. The predicted molar refractivity (Wildman–Crippen MR) is 71.9 cm³/mol. The number of carbonyl (C=O) groups excluding carboxylic acids is 1. The van der Waals surface area contributed by atoms with Gasteiger partial charge in [-0.2, -0.15) is 0 Å². The summed E-state index contributed by atoms with van der Waals surface area (Å²) in [6.07, 6.45) is 7.49. The van der Waals surface area contributed by atoms with E-state index in [1.165, 1.54) is 0 Å². The standard InChI is InChI=1S/C12H13N5OS/c1-8(11-13-2-3-14-11)15-10(18)6-9-7-17-4-5-19-12(17)16-9/h2-5,7-8H,6H2,1H3,(H,13,14)(H,15,18). The Morgan fingerprint density at radius 3 is 3.26 bits per heavy atom. The fourth-order valence-electron chi connectivity index (χ4n) is 1.90. The highest BCUT2D eigenvalue weighted by molar-refractivity contribution is 7.15. The van der Waals surface area contributed by atoms with Crippen LogP contribution in [0.4, 0.5) is 0 Å². The van der Waals surface area contributed by atoms with Crippen LogP contribution in [0.3, 0.4) is 0 Å². The molecule has 2 N–H and O–H groups in total. The maximum atomic E-state index is 11.9. The molecule has 1 unspecified atom stereocenters. The SMILES string of the molecule is CC(NC(=O)Cc1cn2ccsc2n1)c1ncc[nH]1. The molecule has 0 aliphatic heterocycles. The second-order valence-electron chi connectivity index (χ2n) is 4.27. The lowest BCUT2D eigenvalue weighted by molar-refractivity contribution is -0.121. The van der Waals surface area contributed by atoms with Gasteiger partial charge in [0.2, 0.25) is 5.91 Å². The Hall–Kier alpha value is -2.15. The number of imidazole rings is 2. The maximum Gasteiger partial charge on any atom is 0.226 e. The van der Waals surface area contributed by atoms with Crippen LogP contribution in [0.15, 0.2) is 30.2 Å². The van der Waals surface area contributed by atoms with E-state index in [9.17, 15) is 4.79 Å². The quantitative estimate of drug-likeness (QED) is 0.758. The first kappa shape index (κ1) is 11.9. The summed E-state index contributed by atoms with van der Waals surface area (Å²) in [5.74, 6) is 0.689. The van der Waals surface area contributed by atoms with Crippen molar-refractivity contribution in [3.05, 3.63) is 41.7 Å². The first-order chi connectivity index (χ1) is 9.22. The van der Waals surface area contributed by atoms with Crippen molar-refractivity contribution in [3.8, 4) is 0 Å². The number of thiazole rings is 1. The Balaban J connectivity index is 1.63. The fourth-order valence-corrected chi connectivity index (χ4v) is 2.62. The third-order valence-electron chi connectivity index (χ3n) is 2.79. The summed E-state index contributed by atoms with van der Waals surface area (Å²) >= 11 is 1.55. The molecule has 0 spiro atoms. The summed E-state index contributed by atoms with van der Waals surface area (Å²) < 4.78 is 1.92. The molecule has 0 saturated heterocycles. The van der Waals surface area contributed by atoms with Gasteiger partial charge >= 0.3 is 0 Å². The van der Waals surface area contributed by atoms with E-state index in [0.29, 0.717) is 0 Å². The number of H-pyrrole nitrogens is 1. The Kier molecular flexibility index (Phi) is 3.04. The largest absolute Gasteiger partial charge is 0.347 e. The number of hydrogen-bond acceptors (Lipinski definition) is 4. The van der Waals surface area contributed by atoms with Gasteiger partial charge in [-0.25, -0.2) is 9.97 Å². The van der Waals surface area contributed by atoms with Crippen LogP contribution in [0.25, 0.3) is 4.96 Å². The number of hydrogen-bond donors (Lipinski definition) is 2. The Bertz CT molecular complexity index is 655. The third-order valence-corrected chi connectivity index (χ3v) is 3.56. The van der Waals surface area contributed by atoms with Gasteiger partial charge in [-0.3, -0.25) is 9.20 Å². The molecule has 0 aromatic carbocycles. The zero-order valence-electron chi connectivity index (χ0n) is 10.3. The second kappa shape index (κ2) is 4.85. The fraction of sp³-hybridized carbons (Fsp3) is 0.250. The van der Waals surface area contributed by atoms with Crippen molar-refractivity contribution in [1.29, 1.82) is 0 Å². The molecule has 3 rings (SSSR count). The van der Waals surface area contributed by atoms with Gasteiger partial charge in [0.25, 0.3) is 0 Å². The van der Waals surface area contributed by atoms with Gasteiger partial charge in [0.15, 0.2) is 4.96 Å². The number of aromatic nitrogens is 4. The second-order valence-corrected chi connectivity index (χ2v) is 5.14. The number of nitrogens with one attached hydrogen (secondary N) is 2. The maximum absolute atomic E-state index is 11.9. The molecule has 3 heterocycles. The molecule has 19 heavy (non-hydrogen) atoms. The van der Waals surface area contributed by atoms with E-state index in [-0.39, 0.29) is 18.4 Å². The third kappa shape index (κ3) is 2.50. The monoisotopic (exact) mass is 275 g/mol.